The van der Waals surface area contributed by atoms with Crippen molar-refractivity contribution in [2.45, 2.75) is 33.1 Å². The third-order valence-corrected chi connectivity index (χ3v) is 16.7. The maximum Gasteiger partial charge on any atom is 0.112 e. The molecule has 0 aliphatic carbocycles. The number of hydrogen-bond acceptors (Lipinski definition) is 0. The van der Waals surface area contributed by atoms with Crippen molar-refractivity contribution in [2.75, 3.05) is 22.2 Å². The Morgan fingerprint density at radius 1 is 0.353 bits per heavy atom. The van der Waals surface area contributed by atoms with Crippen LogP contribution in [0.1, 0.15) is 33.1 Å². The van der Waals surface area contributed by atoms with Crippen LogP contribution in [-0.2, 0) is 0 Å². The van der Waals surface area contributed by atoms with E-state index in [4.69, 9.17) is 0 Å². The minimum absolute atomic E-state index is 0. The van der Waals surface area contributed by atoms with Gasteiger partial charge >= 0.3 is 0 Å². The van der Waals surface area contributed by atoms with Gasteiger partial charge in [0.05, 0.1) is 6.16 Å². The standard InChI is InChI=1S/C22H23BrP.C18H15P.C4H8Br2.CH4.BrH/c23-18-10-11-19-24(20-12-4-1-5-13-20,21-14-6-2-7-15-21)22-16-8-3-9-17-22;1-4-10-16(11-5-1)19(17-12-6-2-7-13-17)18-14-8-3-9-15-18;5-3-1-2-4-6;;/h1-9,12-17H,10-11,18-19H2;1-15H;1-4H2;1H4;1H/q+1;;;;/p-1. The molecule has 0 aliphatic heterocycles. The van der Waals surface area contributed by atoms with E-state index in [0.717, 1.165) is 16.0 Å². The zero-order valence-electron chi connectivity index (χ0n) is 28.4. The highest BCUT2D eigenvalue weighted by atomic mass is 79.9. The fraction of sp³-hybridized carbons (Fsp3) is 0.200. The van der Waals surface area contributed by atoms with Gasteiger partial charge in [0.25, 0.3) is 0 Å². The summed E-state index contributed by atoms with van der Waals surface area (Å²) >= 11 is 10.3. The van der Waals surface area contributed by atoms with Crippen molar-refractivity contribution in [3.63, 3.8) is 0 Å². The number of halogens is 4. The summed E-state index contributed by atoms with van der Waals surface area (Å²) in [7, 11) is -2.05. The average molecular weight is 972 g/mol. The van der Waals surface area contributed by atoms with Crippen LogP contribution in [0.4, 0.5) is 0 Å². The van der Waals surface area contributed by atoms with Gasteiger partial charge in [0.2, 0.25) is 0 Å². The number of alkyl halides is 3. The molecular formula is C45H50Br4P2. The highest BCUT2D eigenvalue weighted by Gasteiger charge is 2.44. The second-order valence-corrected chi connectivity index (χ2v) is 19.6. The van der Waals surface area contributed by atoms with Crippen LogP contribution in [0.25, 0.3) is 0 Å². The maximum atomic E-state index is 3.60. The van der Waals surface area contributed by atoms with E-state index in [2.05, 4.69) is 230 Å². The third-order valence-electron chi connectivity index (χ3n) is 8.03. The van der Waals surface area contributed by atoms with Crippen molar-refractivity contribution in [3.05, 3.63) is 182 Å². The zero-order chi connectivity index (χ0) is 34.4. The maximum absolute atomic E-state index is 3.60. The van der Waals surface area contributed by atoms with Crippen LogP contribution in [0.3, 0.4) is 0 Å². The topological polar surface area (TPSA) is 0 Å². The van der Waals surface area contributed by atoms with Gasteiger partial charge in [0.1, 0.15) is 23.2 Å². The number of rotatable bonds is 13. The molecule has 0 amide bonds. The second-order valence-electron chi connectivity index (χ2n) is 11.4. The van der Waals surface area contributed by atoms with Crippen LogP contribution in [0.2, 0.25) is 0 Å². The van der Waals surface area contributed by atoms with E-state index in [9.17, 15) is 0 Å². The number of benzene rings is 6. The summed E-state index contributed by atoms with van der Waals surface area (Å²) in [5.74, 6) is 0. The molecule has 0 heterocycles. The molecule has 0 saturated heterocycles. The van der Waals surface area contributed by atoms with Gasteiger partial charge in [0, 0.05) is 16.0 Å². The summed E-state index contributed by atoms with van der Waals surface area (Å²) < 4.78 is 0. The molecule has 0 saturated carbocycles. The van der Waals surface area contributed by atoms with Gasteiger partial charge in [-0.3, -0.25) is 0 Å². The van der Waals surface area contributed by atoms with Gasteiger partial charge in [0.15, 0.2) is 0 Å². The lowest BCUT2D eigenvalue weighted by atomic mass is 10.3. The largest absolute Gasteiger partial charge is 1.00 e. The summed E-state index contributed by atoms with van der Waals surface area (Å²) in [6.07, 6.45) is 6.24. The molecule has 0 N–H and O–H groups in total. The first kappa shape index (κ1) is 45.3. The summed E-state index contributed by atoms with van der Waals surface area (Å²) in [4.78, 5) is 0. The molecule has 268 valence electrons. The lowest BCUT2D eigenvalue weighted by Gasteiger charge is -2.27. The van der Waals surface area contributed by atoms with E-state index in [0.29, 0.717) is 0 Å². The first-order chi connectivity index (χ1) is 24.2. The quantitative estimate of drug-likeness (QED) is 0.0618. The summed E-state index contributed by atoms with van der Waals surface area (Å²) in [5.41, 5.74) is 0. The summed E-state index contributed by atoms with van der Waals surface area (Å²) in [6, 6.07) is 65.7. The Labute approximate surface area is 346 Å². The first-order valence-electron chi connectivity index (χ1n) is 16.9. The van der Waals surface area contributed by atoms with Crippen molar-refractivity contribution in [1.29, 1.82) is 0 Å². The van der Waals surface area contributed by atoms with E-state index in [1.54, 1.807) is 0 Å². The predicted molar refractivity (Wildman–Crippen MR) is 242 cm³/mol. The Morgan fingerprint density at radius 2 is 0.588 bits per heavy atom. The second kappa shape index (κ2) is 26.8. The van der Waals surface area contributed by atoms with Crippen LogP contribution in [0.5, 0.6) is 0 Å². The molecule has 0 radical (unpaired) electrons. The van der Waals surface area contributed by atoms with Gasteiger partial charge < -0.3 is 17.0 Å². The lowest BCUT2D eigenvalue weighted by molar-refractivity contribution is -0.00000960. The summed E-state index contributed by atoms with van der Waals surface area (Å²) in [6.45, 7) is 0. The van der Waals surface area contributed by atoms with Crippen molar-refractivity contribution < 1.29 is 17.0 Å². The minimum atomic E-state index is -1.60. The van der Waals surface area contributed by atoms with Crippen LogP contribution >= 0.6 is 63.0 Å². The molecule has 0 bridgehead atoms. The van der Waals surface area contributed by atoms with Gasteiger partial charge in [-0.05, 0) is 85.9 Å². The smallest absolute Gasteiger partial charge is 0.112 e. The fourth-order valence-electron chi connectivity index (χ4n) is 5.69. The van der Waals surface area contributed by atoms with Gasteiger partial charge in [-0.2, -0.15) is 0 Å². The molecule has 6 aromatic carbocycles. The van der Waals surface area contributed by atoms with Crippen molar-refractivity contribution in [2.24, 2.45) is 0 Å². The Hall–Kier alpha value is -1.90. The minimum Gasteiger partial charge on any atom is -1.00 e. The van der Waals surface area contributed by atoms with E-state index in [1.165, 1.54) is 63.7 Å². The van der Waals surface area contributed by atoms with Crippen LogP contribution in [-0.4, -0.2) is 22.2 Å². The molecule has 0 aliphatic rings. The van der Waals surface area contributed by atoms with Gasteiger partial charge in [-0.15, -0.1) is 0 Å². The Morgan fingerprint density at radius 3 is 0.843 bits per heavy atom. The SMILES string of the molecule is BrCCCCBr.BrCCCC[P+](c1ccccc1)(c1ccccc1)c1ccccc1.C.[Br-].c1ccc(P(c2ccccc2)c2ccccc2)cc1. The molecule has 6 rings (SSSR count). The molecule has 0 fully saturated rings. The zero-order valence-corrected chi connectivity index (χ0v) is 36.5. The fourth-order valence-corrected chi connectivity index (χ4v) is 13.6. The average Bonchev–Trinajstić information content (AvgIpc) is 3.19. The molecular weight excluding hydrogens is 922 g/mol. The molecule has 6 heteroatoms. The Bertz CT molecular complexity index is 1480. The van der Waals surface area contributed by atoms with Crippen LogP contribution in [0.15, 0.2) is 182 Å². The third kappa shape index (κ3) is 14.1. The molecule has 0 nitrogen and oxygen atoms in total. The highest BCUT2D eigenvalue weighted by molar-refractivity contribution is 9.09. The molecule has 0 spiro atoms. The van der Waals surface area contributed by atoms with E-state index in [1.807, 2.05) is 0 Å². The Kier molecular flexibility index (Phi) is 23.8. The van der Waals surface area contributed by atoms with Crippen LogP contribution < -0.4 is 48.8 Å². The first-order valence-corrected chi connectivity index (χ1v) is 23.6. The Balaban J connectivity index is 0.000000300. The van der Waals surface area contributed by atoms with Crippen molar-refractivity contribution in [3.8, 4) is 0 Å². The lowest BCUT2D eigenvalue weighted by Crippen LogP contribution is -3.00. The van der Waals surface area contributed by atoms with E-state index >= 15 is 0 Å². The molecule has 6 aromatic rings. The van der Waals surface area contributed by atoms with Gasteiger partial charge in [-0.25, -0.2) is 0 Å². The molecule has 0 aromatic heterocycles. The highest BCUT2D eigenvalue weighted by Crippen LogP contribution is 2.55. The molecule has 51 heavy (non-hydrogen) atoms. The van der Waals surface area contributed by atoms with E-state index < -0.39 is 15.2 Å². The van der Waals surface area contributed by atoms with Crippen molar-refractivity contribution >= 4 is 94.8 Å². The number of unbranched alkanes of at least 4 members (excludes halogenated alkanes) is 2. The normalized spacial score (nSPS) is 10.4. The van der Waals surface area contributed by atoms with E-state index in [-0.39, 0.29) is 24.4 Å². The monoisotopic (exact) mass is 968 g/mol. The van der Waals surface area contributed by atoms with Gasteiger partial charge in [-0.1, -0.05) is 201 Å². The number of hydrogen-bond donors (Lipinski definition) is 0. The van der Waals surface area contributed by atoms with Crippen LogP contribution in [0, 0.1) is 0 Å². The molecule has 0 unspecified atom stereocenters. The van der Waals surface area contributed by atoms with Crippen molar-refractivity contribution in [1.82, 2.24) is 0 Å². The predicted octanol–water partition coefficient (Wildman–Crippen LogP) is 8.80. The molecule has 0 atom stereocenters. The summed E-state index contributed by atoms with van der Waals surface area (Å²) in [5, 5.41) is 12.0.